The number of hydrogen-bond acceptors (Lipinski definition) is 5. The summed E-state index contributed by atoms with van der Waals surface area (Å²) in [6.07, 6.45) is -1.05. The van der Waals surface area contributed by atoms with Crippen LogP contribution in [-0.4, -0.2) is 21.4 Å². The molecule has 3 rings (SSSR count). The van der Waals surface area contributed by atoms with Gasteiger partial charge in [0.1, 0.15) is 11.4 Å². The Morgan fingerprint density at radius 3 is 2.95 bits per heavy atom. The van der Waals surface area contributed by atoms with Crippen molar-refractivity contribution in [3.8, 4) is 0 Å². The minimum Gasteiger partial charge on any atom is -0.398 e. The number of aromatic nitrogens is 2. The van der Waals surface area contributed by atoms with Gasteiger partial charge in [0.05, 0.1) is 15.0 Å². The average Bonchev–Trinajstić information content (AvgIpc) is 2.63. The van der Waals surface area contributed by atoms with E-state index in [1.807, 2.05) is 5.32 Å². The summed E-state index contributed by atoms with van der Waals surface area (Å²) in [6, 6.07) is -1.97. The van der Waals surface area contributed by atoms with Crippen molar-refractivity contribution >= 4 is 28.4 Å². The molecule has 1 aromatic heterocycles. The number of piperidine rings is 1. The molecule has 7 heteroatoms. The lowest BCUT2D eigenvalue weighted by Crippen LogP contribution is -2.56. The zero-order chi connectivity index (χ0) is 22.8. The van der Waals surface area contributed by atoms with E-state index in [9.17, 15) is 14.4 Å². The summed E-state index contributed by atoms with van der Waals surface area (Å²) in [5.74, 6) is -2.84. The molecule has 1 atom stereocenters. The Hall–Kier alpha value is -2.70. The predicted molar refractivity (Wildman–Crippen MR) is 81.2 cm³/mol. The molecular weight excluding hydrogens is 284 g/mol. The molecule has 0 saturated carbocycles. The number of amides is 2. The van der Waals surface area contributed by atoms with E-state index in [0.29, 0.717) is 4.57 Å². The Morgan fingerprint density at radius 1 is 1.45 bits per heavy atom. The summed E-state index contributed by atoms with van der Waals surface area (Å²) >= 11 is 0. The van der Waals surface area contributed by atoms with Crippen LogP contribution in [0.1, 0.15) is 36.5 Å². The number of anilines is 1. The van der Waals surface area contributed by atoms with Crippen LogP contribution >= 0.6 is 0 Å². The van der Waals surface area contributed by atoms with Crippen molar-refractivity contribution in [3.63, 3.8) is 0 Å². The molecular formula is C15H16N4O3. The monoisotopic (exact) mass is 308 g/mol. The number of carbonyl (C=O) groups excluding carboxylic acids is 2. The number of benzene rings is 1. The van der Waals surface area contributed by atoms with Crippen LogP contribution in [0, 0.1) is 6.88 Å². The van der Waals surface area contributed by atoms with Crippen molar-refractivity contribution in [2.75, 3.05) is 5.73 Å². The summed E-state index contributed by atoms with van der Waals surface area (Å²) in [4.78, 5) is 41.7. The maximum Gasteiger partial charge on any atom is 0.264 e. The van der Waals surface area contributed by atoms with E-state index < -0.39 is 90.0 Å². The molecule has 2 heterocycles. The van der Waals surface area contributed by atoms with Gasteiger partial charge in [-0.2, -0.15) is 0 Å². The van der Waals surface area contributed by atoms with Crippen LogP contribution in [0.2, 0.25) is 0 Å². The number of rotatable bonds is 1. The highest BCUT2D eigenvalue weighted by molar-refractivity contribution is 6.01. The Labute approximate surface area is 137 Å². The van der Waals surface area contributed by atoms with Crippen LogP contribution in [0.4, 0.5) is 5.69 Å². The molecule has 0 spiro atoms. The molecule has 22 heavy (non-hydrogen) atoms. The van der Waals surface area contributed by atoms with E-state index >= 15 is 0 Å². The second-order valence-electron chi connectivity index (χ2n) is 4.86. The van der Waals surface area contributed by atoms with E-state index in [-0.39, 0.29) is 0 Å². The zero-order valence-electron chi connectivity index (χ0n) is 19.2. The van der Waals surface area contributed by atoms with E-state index in [4.69, 9.17) is 16.7 Å². The topological polar surface area (TPSA) is 107 Å². The van der Waals surface area contributed by atoms with Gasteiger partial charge in [-0.25, -0.2) is 4.98 Å². The lowest BCUT2D eigenvalue weighted by molar-refractivity contribution is -0.140. The molecule has 1 aliphatic heterocycles. The molecule has 0 bridgehead atoms. The predicted octanol–water partition coefficient (Wildman–Crippen LogP) is 0.439. The van der Waals surface area contributed by atoms with Gasteiger partial charge in [-0.1, -0.05) is 6.04 Å². The minimum atomic E-state index is -3.20. The third kappa shape index (κ3) is 1.89. The summed E-state index contributed by atoms with van der Waals surface area (Å²) in [6.45, 7) is -5.25. The summed E-state index contributed by atoms with van der Waals surface area (Å²) in [5.41, 5.74) is 0.841. The molecule has 7 nitrogen and oxygen atoms in total. The fourth-order valence-corrected chi connectivity index (χ4v) is 2.37. The van der Waals surface area contributed by atoms with Crippen molar-refractivity contribution in [2.45, 2.75) is 32.1 Å². The maximum absolute atomic E-state index is 13.4. The molecule has 0 radical (unpaired) electrons. The second-order valence-corrected chi connectivity index (χ2v) is 4.86. The number of imide groups is 1. The fourth-order valence-electron chi connectivity index (χ4n) is 2.37. The Balaban J connectivity index is 2.59. The van der Waals surface area contributed by atoms with Gasteiger partial charge in [-0.3, -0.25) is 24.3 Å². The molecule has 1 aliphatic rings. The van der Waals surface area contributed by atoms with Gasteiger partial charge < -0.3 is 5.73 Å². The molecule has 3 N–H and O–H groups in total. The SMILES string of the molecule is [2H]c1c([2H])c(N)c2c(=O)n(C3(C([2H])([2H])[2H])CCC(=O)NC3=O)c(C([2H])[2H])nc2c1[2H]. The number of nitrogens with one attached hydrogen (secondary N) is 1. The fraction of sp³-hybridized carbons (Fsp3) is 0.333. The highest BCUT2D eigenvalue weighted by Gasteiger charge is 2.42. The minimum absolute atomic E-state index is 0.369. The number of carbonyl (C=O) groups is 2. The number of hydrogen-bond donors (Lipinski definition) is 2. The first-order valence-corrected chi connectivity index (χ1v) is 6.26. The van der Waals surface area contributed by atoms with Crippen LogP contribution < -0.4 is 16.6 Å². The van der Waals surface area contributed by atoms with E-state index in [0.717, 1.165) is 0 Å². The van der Waals surface area contributed by atoms with E-state index in [2.05, 4.69) is 4.98 Å². The molecule has 114 valence electrons. The molecule has 2 aromatic rings. The number of aryl methyl sites for hydroxylation is 1. The van der Waals surface area contributed by atoms with Gasteiger partial charge in [0.25, 0.3) is 11.5 Å². The first kappa shape index (κ1) is 7.53. The lowest BCUT2D eigenvalue weighted by atomic mass is 9.90. The highest BCUT2D eigenvalue weighted by atomic mass is 16.2. The molecule has 2 amide bonds. The van der Waals surface area contributed by atoms with Crippen molar-refractivity contribution in [1.82, 2.24) is 14.9 Å². The molecule has 1 aromatic carbocycles. The second kappa shape index (κ2) is 4.66. The van der Waals surface area contributed by atoms with Gasteiger partial charge in [0, 0.05) is 19.0 Å². The number of nitrogens with zero attached hydrogens (tertiary/aromatic N) is 2. The quantitative estimate of drug-likeness (QED) is 0.587. The number of nitrogens with two attached hydrogens (primary N) is 1. The third-order valence-electron chi connectivity index (χ3n) is 3.48. The number of fused-ring (bicyclic) bond motifs is 1. The Kier molecular flexibility index (Phi) is 1.59. The largest absolute Gasteiger partial charge is 0.398 e. The first-order chi connectivity index (χ1) is 13.8. The summed E-state index contributed by atoms with van der Waals surface area (Å²) in [5, 5.41) is 1.31. The molecule has 1 saturated heterocycles. The van der Waals surface area contributed by atoms with Crippen molar-refractivity contribution < 1.29 is 20.6 Å². The summed E-state index contributed by atoms with van der Waals surface area (Å²) < 4.78 is 63.3. The normalized spacial score (nSPS) is 27.9. The van der Waals surface area contributed by atoms with Gasteiger partial charge in [-0.05, 0) is 32.2 Å². The van der Waals surface area contributed by atoms with Crippen LogP contribution in [-0.2, 0) is 15.1 Å². The van der Waals surface area contributed by atoms with Crippen LogP contribution in [0.3, 0.4) is 0 Å². The smallest absolute Gasteiger partial charge is 0.264 e. The van der Waals surface area contributed by atoms with Crippen molar-refractivity contribution in [3.05, 3.63) is 34.3 Å². The van der Waals surface area contributed by atoms with Gasteiger partial charge in [0.15, 0.2) is 0 Å². The zero-order valence-corrected chi connectivity index (χ0v) is 11.2. The first-order valence-electron chi connectivity index (χ1n) is 10.4. The van der Waals surface area contributed by atoms with Crippen molar-refractivity contribution in [1.29, 1.82) is 0 Å². The van der Waals surface area contributed by atoms with Crippen molar-refractivity contribution in [2.24, 2.45) is 0 Å². The van der Waals surface area contributed by atoms with Crippen LogP contribution in [0.25, 0.3) is 10.9 Å². The average molecular weight is 308 g/mol. The van der Waals surface area contributed by atoms with Crippen LogP contribution in [0.15, 0.2) is 22.9 Å². The highest BCUT2D eigenvalue weighted by Crippen LogP contribution is 2.27. The lowest BCUT2D eigenvalue weighted by Gasteiger charge is -2.34. The third-order valence-corrected chi connectivity index (χ3v) is 3.48. The maximum atomic E-state index is 13.4. The summed E-state index contributed by atoms with van der Waals surface area (Å²) in [7, 11) is 0. The molecule has 0 aliphatic carbocycles. The van der Waals surface area contributed by atoms with E-state index in [1.54, 1.807) is 0 Å². The number of nitrogen functional groups attached to an aromatic ring is 1. The molecule has 1 unspecified atom stereocenters. The van der Waals surface area contributed by atoms with Gasteiger partial charge in [0.2, 0.25) is 5.91 Å². The Bertz CT molecular complexity index is 1160. The van der Waals surface area contributed by atoms with Gasteiger partial charge >= 0.3 is 0 Å². The Morgan fingerprint density at radius 2 is 2.27 bits per heavy atom. The van der Waals surface area contributed by atoms with E-state index in [1.165, 1.54) is 0 Å². The van der Waals surface area contributed by atoms with Crippen LogP contribution in [0.5, 0.6) is 0 Å². The standard InChI is InChI=1S/C15H16N4O3/c1-8-17-10-5-3-4-9(16)12(10)13(21)19(8)15(2)7-6-11(20)18-14(15)22/h3-5H,6-7,16H2,1-2H3,(H,18,20,22)/i1D2,2D3,3D,4D,5D. The van der Waals surface area contributed by atoms with Gasteiger partial charge in [-0.15, -0.1) is 0 Å². The molecule has 1 fully saturated rings.